The van der Waals surface area contributed by atoms with E-state index in [1.165, 1.54) is 6.39 Å². The predicted octanol–water partition coefficient (Wildman–Crippen LogP) is 3.46. The molecule has 0 spiro atoms. The van der Waals surface area contributed by atoms with E-state index in [1.807, 2.05) is 13.0 Å². The lowest BCUT2D eigenvalue weighted by molar-refractivity contribution is 0.418. The summed E-state index contributed by atoms with van der Waals surface area (Å²) in [6, 6.07) is 3.76. The normalized spacial score (nSPS) is 10.5. The van der Waals surface area contributed by atoms with Crippen molar-refractivity contribution in [1.29, 1.82) is 0 Å². The molecule has 0 aliphatic carbocycles. The highest BCUT2D eigenvalue weighted by molar-refractivity contribution is 9.10. The van der Waals surface area contributed by atoms with E-state index in [2.05, 4.69) is 30.6 Å². The van der Waals surface area contributed by atoms with Crippen LogP contribution in [0.5, 0.6) is 0 Å². The van der Waals surface area contributed by atoms with E-state index in [4.69, 9.17) is 11.6 Å². The molecule has 0 fully saturated rings. The van der Waals surface area contributed by atoms with Crippen molar-refractivity contribution >= 4 is 27.5 Å². The van der Waals surface area contributed by atoms with Gasteiger partial charge in [0.1, 0.15) is 0 Å². The molecule has 1 aromatic carbocycles. The van der Waals surface area contributed by atoms with Gasteiger partial charge in [-0.3, -0.25) is 0 Å². The van der Waals surface area contributed by atoms with Crippen LogP contribution in [0.1, 0.15) is 5.56 Å². The zero-order valence-corrected chi connectivity index (χ0v) is 9.63. The molecule has 1 heterocycles. The number of halogens is 2. The number of aryl methyl sites for hydroxylation is 1. The average Bonchev–Trinajstić information content (AvgIpc) is 2.54. The van der Waals surface area contributed by atoms with Crippen molar-refractivity contribution in [3.05, 3.63) is 33.6 Å². The molecule has 14 heavy (non-hydrogen) atoms. The van der Waals surface area contributed by atoms with Crippen LogP contribution in [0.25, 0.3) is 11.4 Å². The molecule has 0 bridgehead atoms. The second kappa shape index (κ2) is 3.71. The van der Waals surface area contributed by atoms with Crippen LogP contribution in [0, 0.1) is 6.92 Å². The highest BCUT2D eigenvalue weighted by atomic mass is 79.9. The molecule has 0 aliphatic rings. The van der Waals surface area contributed by atoms with E-state index in [9.17, 15) is 0 Å². The molecule has 0 saturated carbocycles. The number of hydrogen-bond acceptors (Lipinski definition) is 3. The second-order valence-electron chi connectivity index (χ2n) is 2.83. The first-order valence-corrected chi connectivity index (χ1v) is 5.08. The summed E-state index contributed by atoms with van der Waals surface area (Å²) in [6.07, 6.45) is 1.28. The summed E-state index contributed by atoms with van der Waals surface area (Å²) in [6.45, 7) is 1.95. The van der Waals surface area contributed by atoms with Crippen molar-refractivity contribution in [2.24, 2.45) is 0 Å². The number of hydrogen-bond donors (Lipinski definition) is 0. The molecule has 0 unspecified atom stereocenters. The zero-order chi connectivity index (χ0) is 10.1. The third kappa shape index (κ3) is 1.67. The van der Waals surface area contributed by atoms with Gasteiger partial charge in [-0.15, -0.1) is 0 Å². The van der Waals surface area contributed by atoms with E-state index in [0.717, 1.165) is 15.6 Å². The van der Waals surface area contributed by atoms with Crippen LogP contribution in [-0.4, -0.2) is 10.1 Å². The minimum Gasteiger partial charge on any atom is -0.342 e. The van der Waals surface area contributed by atoms with Crippen molar-refractivity contribution in [2.75, 3.05) is 0 Å². The predicted molar refractivity (Wildman–Crippen MR) is 57.2 cm³/mol. The first-order valence-electron chi connectivity index (χ1n) is 3.91. The van der Waals surface area contributed by atoms with E-state index in [-0.39, 0.29) is 0 Å². The Morgan fingerprint density at radius 3 is 2.79 bits per heavy atom. The van der Waals surface area contributed by atoms with Gasteiger partial charge < -0.3 is 4.52 Å². The molecular weight excluding hydrogens is 267 g/mol. The molecule has 0 saturated heterocycles. The lowest BCUT2D eigenvalue weighted by Crippen LogP contribution is -1.87. The summed E-state index contributed by atoms with van der Waals surface area (Å²) in [5.74, 6) is 0.514. The minimum atomic E-state index is 0.514. The van der Waals surface area contributed by atoms with Crippen molar-refractivity contribution in [3.63, 3.8) is 0 Å². The molecule has 0 radical (unpaired) electrons. The van der Waals surface area contributed by atoms with Gasteiger partial charge in [-0.2, -0.15) is 4.98 Å². The van der Waals surface area contributed by atoms with Gasteiger partial charge in [0.25, 0.3) is 0 Å². The Balaban J connectivity index is 2.64. The van der Waals surface area contributed by atoms with Crippen LogP contribution >= 0.6 is 27.5 Å². The first kappa shape index (κ1) is 9.68. The van der Waals surface area contributed by atoms with Crippen molar-refractivity contribution in [3.8, 4) is 11.4 Å². The summed E-state index contributed by atoms with van der Waals surface area (Å²) in [7, 11) is 0. The number of rotatable bonds is 1. The fourth-order valence-corrected chi connectivity index (χ4v) is 2.32. The molecule has 2 rings (SSSR count). The van der Waals surface area contributed by atoms with E-state index < -0.39 is 0 Å². The summed E-state index contributed by atoms with van der Waals surface area (Å²) >= 11 is 9.44. The van der Waals surface area contributed by atoms with E-state index >= 15 is 0 Å². The largest absolute Gasteiger partial charge is 0.342 e. The van der Waals surface area contributed by atoms with Gasteiger partial charge in [-0.1, -0.05) is 32.7 Å². The average molecular weight is 274 g/mol. The topological polar surface area (TPSA) is 38.9 Å². The van der Waals surface area contributed by atoms with Gasteiger partial charge in [0.05, 0.1) is 5.02 Å². The maximum atomic E-state index is 6.07. The Kier molecular flexibility index (Phi) is 2.56. The lowest BCUT2D eigenvalue weighted by Gasteiger charge is -2.04. The SMILES string of the molecule is Cc1cc(Br)cc(Cl)c1-c1ncon1. The summed E-state index contributed by atoms with van der Waals surface area (Å²) in [5.41, 5.74) is 1.81. The van der Waals surface area contributed by atoms with Crippen LogP contribution in [0.15, 0.2) is 27.5 Å². The standard InChI is InChI=1S/C9H6BrClN2O/c1-5-2-6(10)3-7(11)8(5)9-12-4-14-13-9/h2-4H,1H3. The molecule has 72 valence electrons. The number of benzene rings is 1. The van der Waals surface area contributed by atoms with Gasteiger partial charge >= 0.3 is 0 Å². The second-order valence-corrected chi connectivity index (χ2v) is 4.16. The highest BCUT2D eigenvalue weighted by Crippen LogP contribution is 2.31. The molecule has 3 nitrogen and oxygen atoms in total. The summed E-state index contributed by atoms with van der Waals surface area (Å²) < 4.78 is 5.61. The number of aromatic nitrogens is 2. The summed E-state index contributed by atoms with van der Waals surface area (Å²) in [4.78, 5) is 3.96. The van der Waals surface area contributed by atoms with Gasteiger partial charge in [0, 0.05) is 10.0 Å². The molecule has 5 heteroatoms. The van der Waals surface area contributed by atoms with Gasteiger partial charge in [0.15, 0.2) is 0 Å². The highest BCUT2D eigenvalue weighted by Gasteiger charge is 2.11. The van der Waals surface area contributed by atoms with E-state index in [1.54, 1.807) is 6.07 Å². The Bertz CT molecular complexity index is 433. The van der Waals surface area contributed by atoms with Crippen LogP contribution < -0.4 is 0 Å². The fourth-order valence-electron chi connectivity index (χ4n) is 1.27. The number of nitrogens with zero attached hydrogens (tertiary/aromatic N) is 2. The maximum Gasteiger partial charge on any atom is 0.214 e. The van der Waals surface area contributed by atoms with Crippen LogP contribution in [0.4, 0.5) is 0 Å². The Labute approximate surface area is 94.2 Å². The zero-order valence-electron chi connectivity index (χ0n) is 7.29. The van der Waals surface area contributed by atoms with Crippen molar-refractivity contribution in [2.45, 2.75) is 6.92 Å². The van der Waals surface area contributed by atoms with Crippen LogP contribution in [0.3, 0.4) is 0 Å². The van der Waals surface area contributed by atoms with Crippen molar-refractivity contribution < 1.29 is 4.52 Å². The third-order valence-corrected chi connectivity index (χ3v) is 2.59. The molecule has 0 atom stereocenters. The van der Waals surface area contributed by atoms with Crippen LogP contribution in [0.2, 0.25) is 5.02 Å². The molecular formula is C9H6BrClN2O. The molecule has 0 aliphatic heterocycles. The fraction of sp³-hybridized carbons (Fsp3) is 0.111. The third-order valence-electron chi connectivity index (χ3n) is 1.84. The maximum absolute atomic E-state index is 6.07. The molecule has 0 amide bonds. The lowest BCUT2D eigenvalue weighted by atomic mass is 10.1. The van der Waals surface area contributed by atoms with Gasteiger partial charge in [-0.05, 0) is 24.6 Å². The molecule has 2 aromatic rings. The Morgan fingerprint density at radius 1 is 1.43 bits per heavy atom. The van der Waals surface area contributed by atoms with Crippen LogP contribution in [-0.2, 0) is 0 Å². The van der Waals surface area contributed by atoms with Crippen molar-refractivity contribution in [1.82, 2.24) is 10.1 Å². The molecule has 0 N–H and O–H groups in total. The quantitative estimate of drug-likeness (QED) is 0.798. The van der Waals surface area contributed by atoms with E-state index in [0.29, 0.717) is 10.8 Å². The van der Waals surface area contributed by atoms with Gasteiger partial charge in [0.2, 0.25) is 12.2 Å². The first-order chi connectivity index (χ1) is 6.68. The van der Waals surface area contributed by atoms with Gasteiger partial charge in [-0.25, -0.2) is 0 Å². The monoisotopic (exact) mass is 272 g/mol. The Hall–Kier alpha value is -0.870. The Morgan fingerprint density at radius 2 is 2.21 bits per heavy atom. The minimum absolute atomic E-state index is 0.514. The smallest absolute Gasteiger partial charge is 0.214 e. The molecule has 1 aromatic heterocycles. The summed E-state index contributed by atoms with van der Waals surface area (Å²) in [5, 5.41) is 4.36.